The second kappa shape index (κ2) is 12.5. The minimum atomic E-state index is -0.409. The summed E-state index contributed by atoms with van der Waals surface area (Å²) in [7, 11) is 0. The molecular weight excluding hydrogens is 370 g/mol. The summed E-state index contributed by atoms with van der Waals surface area (Å²) >= 11 is 6.01. The van der Waals surface area contributed by atoms with E-state index in [0.29, 0.717) is 16.8 Å². The van der Waals surface area contributed by atoms with E-state index in [9.17, 15) is 10.1 Å². The number of anilines is 1. The van der Waals surface area contributed by atoms with E-state index in [-0.39, 0.29) is 5.57 Å². The zero-order chi connectivity index (χ0) is 20.2. The van der Waals surface area contributed by atoms with Gasteiger partial charge in [-0.05, 0) is 37.5 Å². The van der Waals surface area contributed by atoms with Crippen molar-refractivity contribution >= 4 is 23.2 Å². The lowest BCUT2D eigenvalue weighted by molar-refractivity contribution is -0.112. The van der Waals surface area contributed by atoms with Crippen LogP contribution in [0.15, 0.2) is 30.0 Å². The number of hydrogen-bond donors (Lipinski definition) is 2. The molecule has 0 radical (unpaired) electrons. The van der Waals surface area contributed by atoms with Gasteiger partial charge in [0.05, 0.1) is 0 Å². The normalized spacial score (nSPS) is 17.7. The van der Waals surface area contributed by atoms with Gasteiger partial charge in [0.15, 0.2) is 0 Å². The summed E-state index contributed by atoms with van der Waals surface area (Å²) in [6, 6.07) is 7.66. The van der Waals surface area contributed by atoms with E-state index in [1.54, 1.807) is 18.3 Å². The zero-order valence-corrected chi connectivity index (χ0v) is 17.7. The fraction of sp³-hybridized carbons (Fsp3) is 0.565. The van der Waals surface area contributed by atoms with Crippen LogP contribution in [-0.4, -0.2) is 11.9 Å². The molecule has 0 bridgehead atoms. The molecular formula is C23H32ClN3O. The van der Waals surface area contributed by atoms with Gasteiger partial charge in [-0.15, -0.1) is 0 Å². The molecule has 1 fully saturated rings. The van der Waals surface area contributed by atoms with Crippen LogP contribution >= 0.6 is 11.6 Å². The quantitative estimate of drug-likeness (QED) is 0.462. The number of carbonyl (C=O) groups excluding carboxylic acids is 1. The third kappa shape index (κ3) is 7.94. The van der Waals surface area contributed by atoms with Crippen molar-refractivity contribution in [2.75, 3.05) is 5.32 Å². The lowest BCUT2D eigenvalue weighted by Crippen LogP contribution is -2.26. The van der Waals surface area contributed by atoms with E-state index in [1.807, 2.05) is 19.1 Å². The monoisotopic (exact) mass is 401 g/mol. The molecule has 1 aromatic carbocycles. The smallest absolute Gasteiger partial charge is 0.267 e. The Labute approximate surface area is 174 Å². The maximum atomic E-state index is 12.5. The highest BCUT2D eigenvalue weighted by molar-refractivity contribution is 6.31. The molecule has 2 N–H and O–H groups in total. The van der Waals surface area contributed by atoms with Crippen molar-refractivity contribution in [2.45, 2.75) is 83.6 Å². The molecule has 0 atom stereocenters. The molecule has 1 saturated carbocycles. The van der Waals surface area contributed by atoms with Gasteiger partial charge in [-0.2, -0.15) is 5.26 Å². The Morgan fingerprint density at radius 1 is 1.07 bits per heavy atom. The van der Waals surface area contributed by atoms with Crippen LogP contribution in [0.5, 0.6) is 0 Å². The van der Waals surface area contributed by atoms with Crippen LogP contribution in [0.4, 0.5) is 5.69 Å². The van der Waals surface area contributed by atoms with Gasteiger partial charge in [-0.3, -0.25) is 4.79 Å². The first-order chi connectivity index (χ1) is 13.6. The number of benzene rings is 1. The number of nitrogens with one attached hydrogen (secondary N) is 2. The first-order valence-electron chi connectivity index (χ1n) is 10.5. The highest BCUT2D eigenvalue weighted by atomic mass is 35.5. The summed E-state index contributed by atoms with van der Waals surface area (Å²) in [6.07, 6.45) is 15.4. The molecule has 0 spiro atoms. The maximum absolute atomic E-state index is 12.5. The van der Waals surface area contributed by atoms with E-state index >= 15 is 0 Å². The highest BCUT2D eigenvalue weighted by Crippen LogP contribution is 2.21. The number of rotatable bonds is 4. The molecule has 5 heteroatoms. The van der Waals surface area contributed by atoms with Gasteiger partial charge < -0.3 is 10.6 Å². The molecule has 0 saturated heterocycles. The van der Waals surface area contributed by atoms with Crippen molar-refractivity contribution in [2.24, 2.45) is 0 Å². The summed E-state index contributed by atoms with van der Waals surface area (Å²) in [5, 5.41) is 16.1. The molecule has 1 aromatic rings. The van der Waals surface area contributed by atoms with E-state index in [2.05, 4.69) is 10.6 Å². The standard InChI is InChI=1S/C23H32ClN3O/c1-18-13-14-20(24)15-22(18)27-23(28)19(16-25)17-26-21-11-9-7-5-3-2-4-6-8-10-12-21/h13-15,17,21,26H,2-12H2,1H3,(H,27,28)/b19-17-. The molecule has 4 nitrogen and oxygen atoms in total. The Morgan fingerprint density at radius 3 is 2.21 bits per heavy atom. The molecule has 1 aliphatic carbocycles. The minimum Gasteiger partial charge on any atom is -0.387 e. The Kier molecular flexibility index (Phi) is 9.93. The van der Waals surface area contributed by atoms with Gasteiger partial charge in [0.25, 0.3) is 5.91 Å². The minimum absolute atomic E-state index is 0.0884. The zero-order valence-electron chi connectivity index (χ0n) is 16.9. The second-order valence-corrected chi connectivity index (χ2v) is 8.14. The van der Waals surface area contributed by atoms with Gasteiger partial charge in [-0.25, -0.2) is 0 Å². The molecule has 0 heterocycles. The lowest BCUT2D eigenvalue weighted by atomic mass is 9.98. The van der Waals surface area contributed by atoms with Crippen molar-refractivity contribution < 1.29 is 4.79 Å². The Balaban J connectivity index is 1.96. The number of hydrogen-bond acceptors (Lipinski definition) is 3. The summed E-state index contributed by atoms with van der Waals surface area (Å²) in [5.41, 5.74) is 1.62. The van der Waals surface area contributed by atoms with Gasteiger partial charge in [0.2, 0.25) is 0 Å². The van der Waals surface area contributed by atoms with Crippen LogP contribution < -0.4 is 10.6 Å². The third-order valence-corrected chi connectivity index (χ3v) is 5.62. The van der Waals surface area contributed by atoms with Crippen molar-refractivity contribution in [1.29, 1.82) is 5.26 Å². The number of amides is 1. The fourth-order valence-electron chi connectivity index (χ4n) is 3.60. The van der Waals surface area contributed by atoms with Crippen molar-refractivity contribution in [3.8, 4) is 6.07 Å². The molecule has 0 aliphatic heterocycles. The molecule has 1 amide bonds. The van der Waals surface area contributed by atoms with E-state index in [4.69, 9.17) is 11.6 Å². The third-order valence-electron chi connectivity index (χ3n) is 5.38. The van der Waals surface area contributed by atoms with E-state index < -0.39 is 5.91 Å². The van der Waals surface area contributed by atoms with Crippen LogP contribution in [0.3, 0.4) is 0 Å². The Hall–Kier alpha value is -1.99. The number of aryl methyl sites for hydroxylation is 1. The van der Waals surface area contributed by atoms with Crippen molar-refractivity contribution in [3.63, 3.8) is 0 Å². The fourth-order valence-corrected chi connectivity index (χ4v) is 3.77. The van der Waals surface area contributed by atoms with Crippen LogP contribution in [0.2, 0.25) is 5.02 Å². The van der Waals surface area contributed by atoms with E-state index in [0.717, 1.165) is 18.4 Å². The summed E-state index contributed by atoms with van der Waals surface area (Å²) < 4.78 is 0. The van der Waals surface area contributed by atoms with Crippen LogP contribution in [0, 0.1) is 18.3 Å². The van der Waals surface area contributed by atoms with Gasteiger partial charge in [0, 0.05) is 23.0 Å². The molecule has 0 unspecified atom stereocenters. The Morgan fingerprint density at radius 2 is 1.64 bits per heavy atom. The first-order valence-corrected chi connectivity index (χ1v) is 10.9. The lowest BCUT2D eigenvalue weighted by Gasteiger charge is -2.18. The van der Waals surface area contributed by atoms with E-state index in [1.165, 1.54) is 57.8 Å². The second-order valence-electron chi connectivity index (χ2n) is 7.71. The summed E-state index contributed by atoms with van der Waals surface area (Å²) in [4.78, 5) is 12.5. The number of halogens is 1. The van der Waals surface area contributed by atoms with Gasteiger partial charge >= 0.3 is 0 Å². The van der Waals surface area contributed by atoms with Gasteiger partial charge in [0.1, 0.15) is 11.6 Å². The molecule has 152 valence electrons. The number of carbonyl (C=O) groups is 1. The maximum Gasteiger partial charge on any atom is 0.267 e. The first kappa shape index (κ1) is 22.3. The Bertz CT molecular complexity index is 696. The largest absolute Gasteiger partial charge is 0.387 e. The SMILES string of the molecule is Cc1ccc(Cl)cc1NC(=O)/C(C#N)=C\NC1CCCCCCCCCCC1. The van der Waals surface area contributed by atoms with Crippen molar-refractivity contribution in [3.05, 3.63) is 40.6 Å². The van der Waals surface area contributed by atoms with Gasteiger partial charge in [-0.1, -0.05) is 75.5 Å². The summed E-state index contributed by atoms with van der Waals surface area (Å²) in [5.74, 6) is -0.409. The average molecular weight is 402 g/mol. The molecule has 0 aromatic heterocycles. The number of nitrogens with zero attached hydrogens (tertiary/aromatic N) is 1. The predicted molar refractivity (Wildman–Crippen MR) is 116 cm³/mol. The molecule has 1 aliphatic rings. The van der Waals surface area contributed by atoms with Crippen molar-refractivity contribution in [1.82, 2.24) is 5.32 Å². The average Bonchev–Trinajstić information content (AvgIpc) is 2.67. The van der Waals surface area contributed by atoms with Crippen LogP contribution in [-0.2, 0) is 4.79 Å². The summed E-state index contributed by atoms with van der Waals surface area (Å²) in [6.45, 7) is 1.89. The number of nitriles is 1. The predicted octanol–water partition coefficient (Wildman–Crippen LogP) is 6.26. The molecule has 28 heavy (non-hydrogen) atoms. The van der Waals surface area contributed by atoms with Crippen LogP contribution in [0.25, 0.3) is 0 Å². The molecule has 2 rings (SSSR count). The van der Waals surface area contributed by atoms with Crippen LogP contribution in [0.1, 0.15) is 76.2 Å². The topological polar surface area (TPSA) is 64.9 Å². The highest BCUT2D eigenvalue weighted by Gasteiger charge is 2.13.